The van der Waals surface area contributed by atoms with Crippen molar-refractivity contribution >= 4 is 33.1 Å². The van der Waals surface area contributed by atoms with Crippen LogP contribution in [-0.2, 0) is 6.42 Å². The summed E-state index contributed by atoms with van der Waals surface area (Å²) in [6.07, 6.45) is 0.474. The van der Waals surface area contributed by atoms with Crippen molar-refractivity contribution in [1.29, 1.82) is 0 Å². The largest absolute Gasteiger partial charge is 0.492 e. The van der Waals surface area contributed by atoms with E-state index in [1.165, 1.54) is 0 Å². The lowest BCUT2D eigenvalue weighted by molar-refractivity contribution is 0.330. The molecule has 5 aromatic rings. The molecule has 156 valence electrons. The lowest BCUT2D eigenvalue weighted by Crippen LogP contribution is -2.14. The van der Waals surface area contributed by atoms with E-state index in [0.717, 1.165) is 16.3 Å². The summed E-state index contributed by atoms with van der Waals surface area (Å²) in [7, 11) is 0. The van der Waals surface area contributed by atoms with Gasteiger partial charge in [0.2, 0.25) is 0 Å². The molecule has 0 N–H and O–H groups in total. The lowest BCUT2D eigenvalue weighted by atomic mass is 9.97. The molecule has 0 saturated carbocycles. The molecule has 0 aliphatic carbocycles. The van der Waals surface area contributed by atoms with Gasteiger partial charge in [0.15, 0.2) is 5.39 Å². The van der Waals surface area contributed by atoms with Gasteiger partial charge in [-0.15, -0.1) is 0 Å². The fraction of sp³-hybridized carbons (Fsp3) is 0.0769. The Morgan fingerprint density at radius 3 is 2.44 bits per heavy atom. The van der Waals surface area contributed by atoms with Crippen LogP contribution in [0.15, 0.2) is 85.2 Å². The zero-order valence-electron chi connectivity index (χ0n) is 16.7. The predicted octanol–water partition coefficient (Wildman–Crippen LogP) is 5.82. The SMILES string of the molecule is O=c1oc(-c2ccc(Cl)cc2)cc2c3c(oc(=O)c12)-c1ccc2ccccc2c1OCC3. The molecule has 0 unspecified atom stereocenters. The smallest absolute Gasteiger partial charge is 0.351 e. The second-order valence-electron chi connectivity index (χ2n) is 7.65. The van der Waals surface area contributed by atoms with Gasteiger partial charge in [0.25, 0.3) is 0 Å². The van der Waals surface area contributed by atoms with Crippen molar-refractivity contribution < 1.29 is 13.6 Å². The van der Waals surface area contributed by atoms with Crippen LogP contribution < -0.4 is 16.0 Å². The molecule has 3 heterocycles. The Morgan fingerprint density at radius 2 is 1.59 bits per heavy atom. The van der Waals surface area contributed by atoms with E-state index >= 15 is 0 Å². The van der Waals surface area contributed by atoms with Gasteiger partial charge in [0.05, 0.1) is 12.2 Å². The Morgan fingerprint density at radius 1 is 0.812 bits per heavy atom. The minimum Gasteiger partial charge on any atom is -0.492 e. The second-order valence-corrected chi connectivity index (χ2v) is 8.09. The molecule has 0 atom stereocenters. The summed E-state index contributed by atoms with van der Waals surface area (Å²) in [5, 5.41) is 2.97. The van der Waals surface area contributed by atoms with Gasteiger partial charge in [-0.3, -0.25) is 0 Å². The number of hydrogen-bond donors (Lipinski definition) is 0. The van der Waals surface area contributed by atoms with E-state index in [0.29, 0.717) is 51.8 Å². The molecule has 6 heteroatoms. The third-order valence-corrected chi connectivity index (χ3v) is 6.05. The van der Waals surface area contributed by atoms with E-state index in [4.69, 9.17) is 25.2 Å². The third kappa shape index (κ3) is 2.86. The topological polar surface area (TPSA) is 69.7 Å². The van der Waals surface area contributed by atoms with E-state index in [1.54, 1.807) is 30.3 Å². The lowest BCUT2D eigenvalue weighted by Gasteiger charge is -2.11. The number of rotatable bonds is 1. The molecule has 1 aliphatic rings. The Labute approximate surface area is 186 Å². The summed E-state index contributed by atoms with van der Waals surface area (Å²) in [5.41, 5.74) is 0.670. The van der Waals surface area contributed by atoms with Gasteiger partial charge < -0.3 is 13.6 Å². The monoisotopic (exact) mass is 442 g/mol. The fourth-order valence-corrected chi connectivity index (χ4v) is 4.43. The molecule has 0 amide bonds. The number of ether oxygens (including phenoxy) is 1. The quantitative estimate of drug-likeness (QED) is 0.327. The summed E-state index contributed by atoms with van der Waals surface area (Å²) in [4.78, 5) is 25.6. The molecule has 6 rings (SSSR count). The van der Waals surface area contributed by atoms with Crippen molar-refractivity contribution in [3.63, 3.8) is 0 Å². The average Bonchev–Trinajstić information content (AvgIpc) is 2.99. The normalized spacial score (nSPS) is 12.8. The maximum atomic E-state index is 12.9. The minimum atomic E-state index is -0.729. The second kappa shape index (κ2) is 7.11. The Kier molecular flexibility index (Phi) is 4.20. The van der Waals surface area contributed by atoms with Gasteiger partial charge in [0.1, 0.15) is 17.3 Å². The summed E-state index contributed by atoms with van der Waals surface area (Å²) in [5.74, 6) is 1.45. The van der Waals surface area contributed by atoms with E-state index in [1.807, 2.05) is 36.4 Å². The third-order valence-electron chi connectivity index (χ3n) is 5.80. The number of hydrogen-bond acceptors (Lipinski definition) is 5. The van der Waals surface area contributed by atoms with Crippen LogP contribution >= 0.6 is 11.6 Å². The van der Waals surface area contributed by atoms with Crippen LogP contribution in [0.4, 0.5) is 0 Å². The highest BCUT2D eigenvalue weighted by Crippen LogP contribution is 2.41. The van der Waals surface area contributed by atoms with Crippen molar-refractivity contribution in [3.8, 4) is 28.4 Å². The van der Waals surface area contributed by atoms with Gasteiger partial charge in [-0.2, -0.15) is 0 Å². The van der Waals surface area contributed by atoms with Crippen molar-refractivity contribution in [1.82, 2.24) is 0 Å². The van der Waals surface area contributed by atoms with E-state index in [9.17, 15) is 9.59 Å². The van der Waals surface area contributed by atoms with Crippen LogP contribution in [0.1, 0.15) is 5.56 Å². The van der Waals surface area contributed by atoms with Crippen LogP contribution in [0.25, 0.3) is 44.2 Å². The molecule has 0 spiro atoms. The van der Waals surface area contributed by atoms with Crippen LogP contribution in [0.3, 0.4) is 0 Å². The number of fused-ring (bicyclic) bond motifs is 7. The molecule has 0 saturated heterocycles. The van der Waals surface area contributed by atoms with Crippen molar-refractivity contribution in [2.24, 2.45) is 0 Å². The van der Waals surface area contributed by atoms with Crippen LogP contribution in [0, 0.1) is 0 Å². The molecule has 32 heavy (non-hydrogen) atoms. The fourth-order valence-electron chi connectivity index (χ4n) is 4.31. The zero-order valence-corrected chi connectivity index (χ0v) is 17.4. The first kappa shape index (κ1) is 18.9. The summed E-state index contributed by atoms with van der Waals surface area (Å²) in [6.45, 7) is 0.382. The molecule has 2 aromatic heterocycles. The molecule has 0 fully saturated rings. The first-order valence-corrected chi connectivity index (χ1v) is 10.5. The molecule has 3 aromatic carbocycles. The van der Waals surface area contributed by atoms with Gasteiger partial charge in [-0.1, -0.05) is 41.9 Å². The van der Waals surface area contributed by atoms with Crippen LogP contribution in [0.2, 0.25) is 5.02 Å². The Bertz CT molecular complexity index is 1640. The summed E-state index contributed by atoms with van der Waals surface area (Å²) in [6, 6.07) is 20.4. The Balaban J connectivity index is 1.68. The molecular weight excluding hydrogens is 428 g/mol. The van der Waals surface area contributed by atoms with E-state index < -0.39 is 11.3 Å². The summed E-state index contributed by atoms with van der Waals surface area (Å²) < 4.78 is 17.3. The molecule has 0 bridgehead atoms. The standard InChI is InChI=1S/C26H15ClO5/c27-16-8-5-15(6-9-16)21-13-20-18-11-12-30-23-17-4-2-1-3-14(17)7-10-19(23)24(18)32-26(29)22(20)25(28)31-21/h1-10,13H,11-12H2. The first-order chi connectivity index (χ1) is 15.6. The minimum absolute atomic E-state index is 0.0919. The van der Waals surface area contributed by atoms with E-state index in [-0.39, 0.29) is 5.39 Å². The zero-order chi connectivity index (χ0) is 21.8. The highest BCUT2D eigenvalue weighted by atomic mass is 35.5. The maximum absolute atomic E-state index is 12.9. The highest BCUT2D eigenvalue weighted by molar-refractivity contribution is 6.30. The molecule has 1 aliphatic heterocycles. The molecular formula is C26H15ClO5. The van der Waals surface area contributed by atoms with Crippen LogP contribution in [-0.4, -0.2) is 6.61 Å². The Hall–Kier alpha value is -3.83. The van der Waals surface area contributed by atoms with Crippen molar-refractivity contribution in [2.45, 2.75) is 6.42 Å². The number of benzene rings is 3. The molecule has 5 nitrogen and oxygen atoms in total. The first-order valence-electron chi connectivity index (χ1n) is 10.1. The van der Waals surface area contributed by atoms with E-state index in [2.05, 4.69) is 0 Å². The van der Waals surface area contributed by atoms with Gasteiger partial charge in [-0.25, -0.2) is 9.59 Å². The van der Waals surface area contributed by atoms with Gasteiger partial charge >= 0.3 is 11.3 Å². The highest BCUT2D eigenvalue weighted by Gasteiger charge is 2.25. The number of halogens is 1. The van der Waals surface area contributed by atoms with Crippen LogP contribution in [0.5, 0.6) is 5.75 Å². The molecule has 0 radical (unpaired) electrons. The average molecular weight is 443 g/mol. The predicted molar refractivity (Wildman–Crippen MR) is 124 cm³/mol. The van der Waals surface area contributed by atoms with Crippen molar-refractivity contribution in [3.05, 3.63) is 98.2 Å². The van der Waals surface area contributed by atoms with Gasteiger partial charge in [0, 0.05) is 33.3 Å². The van der Waals surface area contributed by atoms with Crippen molar-refractivity contribution in [2.75, 3.05) is 6.61 Å². The van der Waals surface area contributed by atoms with Gasteiger partial charge in [-0.05, 0) is 41.8 Å². The summed E-state index contributed by atoms with van der Waals surface area (Å²) >= 11 is 5.99. The maximum Gasteiger partial charge on any atom is 0.351 e.